The predicted octanol–water partition coefficient (Wildman–Crippen LogP) is 2.91. The molecule has 1 N–H and O–H groups in total. The van der Waals surface area contributed by atoms with Crippen molar-refractivity contribution in [3.05, 3.63) is 35.7 Å². The normalized spacial score (nSPS) is 18.8. The molecule has 3 rings (SSSR count). The van der Waals surface area contributed by atoms with Crippen LogP contribution in [0.5, 0.6) is 0 Å². The van der Waals surface area contributed by atoms with Crippen LogP contribution in [0.2, 0.25) is 0 Å². The first-order chi connectivity index (χ1) is 13.2. The van der Waals surface area contributed by atoms with Crippen LogP contribution in [0.25, 0.3) is 11.4 Å². The molecule has 1 aliphatic rings. The summed E-state index contributed by atoms with van der Waals surface area (Å²) in [6.45, 7) is 5.96. The third-order valence-electron chi connectivity index (χ3n) is 5.05. The Kier molecular flexibility index (Phi) is 5.71. The molecule has 1 fully saturated rings. The number of halogens is 3. The topological polar surface area (TPSA) is 82.7 Å². The highest BCUT2D eigenvalue weighted by atomic mass is 19.4. The Balaban J connectivity index is 1.68. The molecule has 2 aromatic rings. The molecule has 7 nitrogen and oxygen atoms in total. The number of carboxylic acids is 1. The van der Waals surface area contributed by atoms with Crippen LogP contribution >= 0.6 is 0 Å². The lowest BCUT2D eigenvalue weighted by Crippen LogP contribution is -2.52. The summed E-state index contributed by atoms with van der Waals surface area (Å²) in [7, 11) is 0. The molecule has 1 saturated heterocycles. The monoisotopic (exact) mass is 398 g/mol. The van der Waals surface area contributed by atoms with Gasteiger partial charge in [0.2, 0.25) is 11.7 Å². The highest BCUT2D eigenvalue weighted by Crippen LogP contribution is 2.32. The average Bonchev–Trinajstić information content (AvgIpc) is 3.16. The second kappa shape index (κ2) is 7.88. The lowest BCUT2D eigenvalue weighted by molar-refractivity contribution is -0.143. The molecule has 0 spiro atoms. The lowest BCUT2D eigenvalue weighted by Gasteiger charge is -2.38. The molecular weight excluding hydrogens is 377 g/mol. The van der Waals surface area contributed by atoms with Crippen LogP contribution in [0.1, 0.15) is 31.3 Å². The molecule has 1 aromatic carbocycles. The fourth-order valence-corrected chi connectivity index (χ4v) is 3.18. The van der Waals surface area contributed by atoms with Gasteiger partial charge in [-0.2, -0.15) is 18.2 Å². The number of rotatable bonds is 5. The van der Waals surface area contributed by atoms with E-state index < -0.39 is 23.8 Å². The molecule has 2 heterocycles. The van der Waals surface area contributed by atoms with E-state index in [1.165, 1.54) is 12.1 Å². The van der Waals surface area contributed by atoms with Gasteiger partial charge in [0.1, 0.15) is 6.04 Å². The minimum Gasteiger partial charge on any atom is -0.480 e. The van der Waals surface area contributed by atoms with Crippen LogP contribution in [0.4, 0.5) is 13.2 Å². The molecule has 152 valence electrons. The zero-order chi connectivity index (χ0) is 20.5. The average molecular weight is 398 g/mol. The van der Waals surface area contributed by atoms with Gasteiger partial charge in [0.05, 0.1) is 11.6 Å². The van der Waals surface area contributed by atoms with E-state index >= 15 is 0 Å². The maximum atomic E-state index is 12.9. The molecule has 10 heteroatoms. The summed E-state index contributed by atoms with van der Waals surface area (Å²) in [5.74, 6) is -0.442. The van der Waals surface area contributed by atoms with E-state index in [0.717, 1.165) is 12.1 Å². The Morgan fingerprint density at radius 3 is 2.43 bits per heavy atom. The van der Waals surface area contributed by atoms with Crippen molar-refractivity contribution in [2.75, 3.05) is 26.2 Å². The molecule has 0 radical (unpaired) electrons. The van der Waals surface area contributed by atoms with Gasteiger partial charge in [-0.05, 0) is 26.0 Å². The van der Waals surface area contributed by atoms with Gasteiger partial charge >= 0.3 is 12.1 Å². The van der Waals surface area contributed by atoms with Crippen molar-refractivity contribution in [3.8, 4) is 11.4 Å². The van der Waals surface area contributed by atoms with Gasteiger partial charge in [-0.15, -0.1) is 0 Å². The van der Waals surface area contributed by atoms with Crippen molar-refractivity contribution in [1.82, 2.24) is 19.9 Å². The van der Waals surface area contributed by atoms with Crippen LogP contribution in [0.15, 0.2) is 28.8 Å². The quantitative estimate of drug-likeness (QED) is 0.829. The fourth-order valence-electron chi connectivity index (χ4n) is 3.18. The number of hydrogen-bond donors (Lipinski definition) is 1. The number of carbonyl (C=O) groups is 1. The number of alkyl halides is 3. The Bertz CT molecular complexity index is 831. The highest BCUT2D eigenvalue weighted by Gasteiger charge is 2.32. The summed E-state index contributed by atoms with van der Waals surface area (Å²) in [5, 5.41) is 12.9. The van der Waals surface area contributed by atoms with Gasteiger partial charge in [0.15, 0.2) is 0 Å². The van der Waals surface area contributed by atoms with Crippen molar-refractivity contribution >= 4 is 5.97 Å². The first kappa shape index (κ1) is 20.3. The Morgan fingerprint density at radius 1 is 1.18 bits per heavy atom. The Labute approximate surface area is 159 Å². The molecule has 0 aliphatic carbocycles. The number of nitrogens with zero attached hydrogens (tertiary/aromatic N) is 4. The number of carboxylic acid groups (broad SMARTS) is 1. The summed E-state index contributed by atoms with van der Waals surface area (Å²) < 4.78 is 43.9. The number of hydrogen-bond acceptors (Lipinski definition) is 6. The summed E-state index contributed by atoms with van der Waals surface area (Å²) in [6, 6.07) is 4.01. The van der Waals surface area contributed by atoms with Crippen molar-refractivity contribution in [1.29, 1.82) is 0 Å². The standard InChI is InChI=1S/C18H21F3N4O3/c1-11(24-6-8-25(9-7-24)12(2)17(26)27)16-22-15(23-28-16)13-4-3-5-14(10-13)18(19,20)21/h3-5,10-12H,6-9H2,1-2H3,(H,26,27). The summed E-state index contributed by atoms with van der Waals surface area (Å²) in [5.41, 5.74) is -0.537. The van der Waals surface area contributed by atoms with E-state index in [-0.39, 0.29) is 17.4 Å². The largest absolute Gasteiger partial charge is 0.480 e. The number of aromatic nitrogens is 2. The minimum atomic E-state index is -4.44. The summed E-state index contributed by atoms with van der Waals surface area (Å²) >= 11 is 0. The molecule has 28 heavy (non-hydrogen) atoms. The Hall–Kier alpha value is -2.46. The maximum absolute atomic E-state index is 12.9. The van der Waals surface area contributed by atoms with Gasteiger partial charge in [-0.1, -0.05) is 17.3 Å². The molecule has 2 atom stereocenters. The Morgan fingerprint density at radius 2 is 1.82 bits per heavy atom. The predicted molar refractivity (Wildman–Crippen MR) is 93.4 cm³/mol. The number of aliphatic carboxylic acids is 1. The highest BCUT2D eigenvalue weighted by molar-refractivity contribution is 5.72. The third-order valence-corrected chi connectivity index (χ3v) is 5.05. The van der Waals surface area contributed by atoms with Gasteiger partial charge in [-0.25, -0.2) is 0 Å². The van der Waals surface area contributed by atoms with E-state index in [4.69, 9.17) is 9.63 Å². The molecule has 1 aromatic heterocycles. The van der Waals surface area contributed by atoms with Crippen molar-refractivity contribution in [2.45, 2.75) is 32.1 Å². The maximum Gasteiger partial charge on any atom is 0.416 e. The van der Waals surface area contributed by atoms with Crippen molar-refractivity contribution < 1.29 is 27.6 Å². The molecule has 0 saturated carbocycles. The van der Waals surface area contributed by atoms with Crippen LogP contribution < -0.4 is 0 Å². The van der Waals surface area contributed by atoms with Gasteiger partial charge in [0.25, 0.3) is 0 Å². The lowest BCUT2D eigenvalue weighted by atomic mass is 10.1. The van der Waals surface area contributed by atoms with Crippen molar-refractivity contribution in [3.63, 3.8) is 0 Å². The molecule has 1 aliphatic heterocycles. The SMILES string of the molecule is CC(C(=O)O)N1CCN(C(C)c2nc(-c3cccc(C(F)(F)F)c3)no2)CC1. The van der Waals surface area contributed by atoms with Gasteiger partial charge < -0.3 is 9.63 Å². The molecular formula is C18H21F3N4O3. The molecule has 2 unspecified atom stereocenters. The van der Waals surface area contributed by atoms with E-state index in [9.17, 15) is 18.0 Å². The van der Waals surface area contributed by atoms with Gasteiger partial charge in [-0.3, -0.25) is 14.6 Å². The molecule has 0 amide bonds. The fraction of sp³-hybridized carbons (Fsp3) is 0.500. The van der Waals surface area contributed by atoms with E-state index in [1.807, 2.05) is 11.8 Å². The van der Waals surface area contributed by atoms with E-state index in [1.54, 1.807) is 6.92 Å². The van der Waals surface area contributed by atoms with Crippen LogP contribution in [-0.4, -0.2) is 63.2 Å². The molecule has 0 bridgehead atoms. The zero-order valence-electron chi connectivity index (χ0n) is 15.5. The van der Waals surface area contributed by atoms with Crippen LogP contribution in [0.3, 0.4) is 0 Å². The second-order valence-corrected chi connectivity index (χ2v) is 6.80. The third kappa shape index (κ3) is 4.33. The first-order valence-electron chi connectivity index (χ1n) is 8.89. The smallest absolute Gasteiger partial charge is 0.416 e. The minimum absolute atomic E-state index is 0.103. The zero-order valence-corrected chi connectivity index (χ0v) is 15.5. The second-order valence-electron chi connectivity index (χ2n) is 6.80. The van der Waals surface area contributed by atoms with Crippen LogP contribution in [-0.2, 0) is 11.0 Å². The number of benzene rings is 1. The van der Waals surface area contributed by atoms with E-state index in [2.05, 4.69) is 15.0 Å². The summed E-state index contributed by atoms with van der Waals surface area (Å²) in [4.78, 5) is 19.3. The van der Waals surface area contributed by atoms with E-state index in [0.29, 0.717) is 32.1 Å². The van der Waals surface area contributed by atoms with Crippen LogP contribution in [0, 0.1) is 0 Å². The van der Waals surface area contributed by atoms with Crippen molar-refractivity contribution in [2.24, 2.45) is 0 Å². The first-order valence-corrected chi connectivity index (χ1v) is 8.89. The summed E-state index contributed by atoms with van der Waals surface area (Å²) in [6.07, 6.45) is -4.44. The number of piperazine rings is 1. The van der Waals surface area contributed by atoms with Gasteiger partial charge in [0, 0.05) is 31.7 Å².